The van der Waals surface area contributed by atoms with Gasteiger partial charge in [-0.3, -0.25) is 4.79 Å². The van der Waals surface area contributed by atoms with E-state index < -0.39 is 10.0 Å². The van der Waals surface area contributed by atoms with Gasteiger partial charge in [0.25, 0.3) is 5.91 Å². The summed E-state index contributed by atoms with van der Waals surface area (Å²) in [5.41, 5.74) is 2.40. The molecule has 1 aromatic carbocycles. The first-order valence-electron chi connectivity index (χ1n) is 6.27. The van der Waals surface area contributed by atoms with Crippen molar-refractivity contribution in [1.29, 1.82) is 0 Å². The highest BCUT2D eigenvalue weighted by molar-refractivity contribution is 7.91. The molecule has 1 unspecified atom stereocenters. The molecule has 0 saturated carbocycles. The zero-order valence-corrected chi connectivity index (χ0v) is 13.3. The number of carbonyl (C=O) groups excluding carboxylic acids is 1. The van der Waals surface area contributed by atoms with Gasteiger partial charge in [0.15, 0.2) is 0 Å². The Morgan fingerprint density at radius 1 is 1.33 bits per heavy atom. The molecule has 112 valence electrons. The number of sulfonamides is 1. The summed E-state index contributed by atoms with van der Waals surface area (Å²) in [6.07, 6.45) is 0. The lowest BCUT2D eigenvalue weighted by atomic mass is 10.0. The van der Waals surface area contributed by atoms with Crippen LogP contribution in [0.25, 0.3) is 0 Å². The molecule has 1 heterocycles. The lowest BCUT2D eigenvalue weighted by Gasteiger charge is -2.16. The first-order chi connectivity index (χ1) is 9.79. The Bertz CT molecular complexity index is 766. The fourth-order valence-electron chi connectivity index (χ4n) is 2.02. The van der Waals surface area contributed by atoms with Crippen molar-refractivity contribution in [3.8, 4) is 0 Å². The number of amides is 1. The summed E-state index contributed by atoms with van der Waals surface area (Å²) in [6.45, 7) is 3.86. The lowest BCUT2D eigenvalue weighted by molar-refractivity contribution is 0.0940. The van der Waals surface area contributed by atoms with E-state index in [0.717, 1.165) is 22.5 Å². The number of hydrogen-bond donors (Lipinski definition) is 2. The number of nitrogens with two attached hydrogens (primary N) is 1. The van der Waals surface area contributed by atoms with Crippen LogP contribution in [0, 0.1) is 6.92 Å². The Labute approximate surface area is 127 Å². The fraction of sp³-hybridized carbons (Fsp3) is 0.214. The molecule has 2 aromatic rings. The maximum absolute atomic E-state index is 12.1. The minimum Gasteiger partial charge on any atom is -0.345 e. The summed E-state index contributed by atoms with van der Waals surface area (Å²) < 4.78 is 22.4. The van der Waals surface area contributed by atoms with Crippen molar-refractivity contribution in [3.63, 3.8) is 0 Å². The van der Waals surface area contributed by atoms with E-state index in [2.05, 4.69) is 5.32 Å². The molecule has 21 heavy (non-hydrogen) atoms. The maximum Gasteiger partial charge on any atom is 0.252 e. The topological polar surface area (TPSA) is 89.3 Å². The van der Waals surface area contributed by atoms with Crippen LogP contribution in [-0.2, 0) is 10.0 Å². The molecule has 3 N–H and O–H groups in total. The predicted octanol–water partition coefficient (Wildman–Crippen LogP) is 2.19. The van der Waals surface area contributed by atoms with E-state index in [1.807, 2.05) is 38.1 Å². The Hall–Kier alpha value is -1.70. The molecule has 7 heteroatoms. The van der Waals surface area contributed by atoms with Gasteiger partial charge in [-0.25, -0.2) is 13.6 Å². The van der Waals surface area contributed by atoms with Crippen LogP contribution < -0.4 is 10.5 Å². The highest BCUT2D eigenvalue weighted by Crippen LogP contribution is 2.21. The largest absolute Gasteiger partial charge is 0.345 e. The number of thiophene rings is 1. The Morgan fingerprint density at radius 2 is 2.00 bits per heavy atom. The van der Waals surface area contributed by atoms with Crippen molar-refractivity contribution in [3.05, 3.63) is 52.4 Å². The van der Waals surface area contributed by atoms with Crippen LogP contribution in [0.2, 0.25) is 0 Å². The van der Waals surface area contributed by atoms with Gasteiger partial charge in [0, 0.05) is 5.38 Å². The minimum absolute atomic E-state index is 0.0174. The van der Waals surface area contributed by atoms with E-state index in [-0.39, 0.29) is 16.2 Å². The molecule has 0 fully saturated rings. The molecule has 0 aliphatic heterocycles. The Balaban J connectivity index is 2.15. The summed E-state index contributed by atoms with van der Waals surface area (Å²) in [6, 6.07) is 8.89. The Kier molecular flexibility index (Phi) is 4.46. The second-order valence-corrected chi connectivity index (χ2v) is 7.45. The van der Waals surface area contributed by atoms with E-state index >= 15 is 0 Å². The molecule has 0 bridgehead atoms. The molecule has 0 radical (unpaired) electrons. The smallest absolute Gasteiger partial charge is 0.252 e. The van der Waals surface area contributed by atoms with E-state index in [1.54, 1.807) is 0 Å². The molecule has 1 aromatic heterocycles. The average Bonchev–Trinajstić information content (AvgIpc) is 2.88. The zero-order chi connectivity index (χ0) is 15.6. The highest BCUT2D eigenvalue weighted by Gasteiger charge is 2.17. The second-order valence-electron chi connectivity index (χ2n) is 4.75. The van der Waals surface area contributed by atoms with Gasteiger partial charge >= 0.3 is 0 Å². The summed E-state index contributed by atoms with van der Waals surface area (Å²) >= 11 is 0.937. The number of aryl methyl sites for hydroxylation is 1. The SMILES string of the molecule is Cc1ccccc1C(C)NC(=O)c1csc(S(N)(=O)=O)c1. The molecule has 0 aliphatic rings. The second kappa shape index (κ2) is 5.97. The third-order valence-electron chi connectivity index (χ3n) is 3.12. The van der Waals surface area contributed by atoms with Gasteiger partial charge in [-0.15, -0.1) is 11.3 Å². The van der Waals surface area contributed by atoms with Crippen molar-refractivity contribution in [1.82, 2.24) is 5.32 Å². The summed E-state index contributed by atoms with van der Waals surface area (Å²) in [5, 5.41) is 9.37. The van der Waals surface area contributed by atoms with E-state index in [9.17, 15) is 13.2 Å². The van der Waals surface area contributed by atoms with Crippen molar-refractivity contribution in [2.24, 2.45) is 5.14 Å². The van der Waals surface area contributed by atoms with Crippen molar-refractivity contribution in [2.45, 2.75) is 24.1 Å². The van der Waals surface area contributed by atoms with Crippen LogP contribution in [0.15, 0.2) is 39.9 Å². The monoisotopic (exact) mass is 324 g/mol. The molecule has 5 nitrogen and oxygen atoms in total. The van der Waals surface area contributed by atoms with Crippen LogP contribution in [0.5, 0.6) is 0 Å². The first kappa shape index (κ1) is 15.7. The molecule has 1 amide bonds. The predicted molar refractivity (Wildman–Crippen MR) is 82.8 cm³/mol. The molecule has 1 atom stereocenters. The van der Waals surface area contributed by atoms with Crippen molar-refractivity contribution in [2.75, 3.05) is 0 Å². The first-order valence-corrected chi connectivity index (χ1v) is 8.69. The van der Waals surface area contributed by atoms with E-state index in [1.165, 1.54) is 11.4 Å². The van der Waals surface area contributed by atoms with Crippen LogP contribution >= 0.6 is 11.3 Å². The molecule has 0 aliphatic carbocycles. The Morgan fingerprint density at radius 3 is 2.57 bits per heavy atom. The van der Waals surface area contributed by atoms with Crippen LogP contribution in [0.4, 0.5) is 0 Å². The van der Waals surface area contributed by atoms with Gasteiger partial charge in [-0.05, 0) is 31.0 Å². The number of rotatable bonds is 4. The number of benzene rings is 1. The minimum atomic E-state index is -3.76. The number of nitrogens with one attached hydrogen (secondary N) is 1. The van der Waals surface area contributed by atoms with Gasteiger partial charge < -0.3 is 5.32 Å². The van der Waals surface area contributed by atoms with Crippen LogP contribution in [-0.4, -0.2) is 14.3 Å². The average molecular weight is 324 g/mol. The quantitative estimate of drug-likeness (QED) is 0.903. The molecule has 2 rings (SSSR count). The fourth-order valence-corrected chi connectivity index (χ4v) is 3.60. The summed E-state index contributed by atoms with van der Waals surface area (Å²) in [4.78, 5) is 12.1. The summed E-state index contributed by atoms with van der Waals surface area (Å²) in [5.74, 6) is -0.322. The third kappa shape index (κ3) is 3.69. The molecule has 0 saturated heterocycles. The van der Waals surface area contributed by atoms with Crippen LogP contribution in [0.3, 0.4) is 0 Å². The van der Waals surface area contributed by atoms with Gasteiger partial charge in [-0.2, -0.15) is 0 Å². The lowest BCUT2D eigenvalue weighted by Crippen LogP contribution is -2.26. The number of primary sulfonamides is 1. The van der Waals surface area contributed by atoms with Gasteiger partial charge in [0.1, 0.15) is 4.21 Å². The van der Waals surface area contributed by atoms with Crippen molar-refractivity contribution < 1.29 is 13.2 Å². The van der Waals surface area contributed by atoms with Crippen LogP contribution in [0.1, 0.15) is 34.5 Å². The van der Waals surface area contributed by atoms with E-state index in [4.69, 9.17) is 5.14 Å². The van der Waals surface area contributed by atoms with E-state index in [0.29, 0.717) is 5.56 Å². The summed E-state index contributed by atoms with van der Waals surface area (Å²) in [7, 11) is -3.76. The zero-order valence-electron chi connectivity index (χ0n) is 11.7. The normalized spacial score (nSPS) is 12.9. The van der Waals surface area contributed by atoms with Gasteiger partial charge in [0.05, 0.1) is 11.6 Å². The molecular weight excluding hydrogens is 308 g/mol. The van der Waals surface area contributed by atoms with Gasteiger partial charge in [0.2, 0.25) is 10.0 Å². The standard InChI is InChI=1S/C14H16N2O3S2/c1-9-5-3-4-6-12(9)10(2)16-14(17)11-7-13(20-8-11)21(15,18)19/h3-8,10H,1-2H3,(H,16,17)(H2,15,18,19). The number of hydrogen-bond acceptors (Lipinski definition) is 4. The maximum atomic E-state index is 12.1. The highest BCUT2D eigenvalue weighted by atomic mass is 32.2. The number of carbonyl (C=O) groups is 1. The molecular formula is C14H16N2O3S2. The van der Waals surface area contributed by atoms with Crippen molar-refractivity contribution >= 4 is 27.3 Å². The third-order valence-corrected chi connectivity index (χ3v) is 5.51. The van der Waals surface area contributed by atoms with Gasteiger partial charge in [-0.1, -0.05) is 24.3 Å². The molecule has 0 spiro atoms.